The number of carbonyl (C=O) groups excluding carboxylic acids is 2. The predicted octanol–water partition coefficient (Wildman–Crippen LogP) is 4.84. The van der Waals surface area contributed by atoms with E-state index < -0.39 is 0 Å². The van der Waals surface area contributed by atoms with E-state index in [0.717, 1.165) is 48.9 Å². The molecular formula is C28H37N3O3S. The minimum absolute atomic E-state index is 0.0484. The van der Waals surface area contributed by atoms with Crippen molar-refractivity contribution in [1.29, 1.82) is 0 Å². The molecule has 188 valence electrons. The quantitative estimate of drug-likeness (QED) is 0.531. The van der Waals surface area contributed by atoms with Crippen LogP contribution in [-0.4, -0.2) is 62.3 Å². The van der Waals surface area contributed by atoms with Crippen LogP contribution < -0.4 is 15.0 Å². The number of nitrogens with one attached hydrogen (secondary N) is 1. The highest BCUT2D eigenvalue weighted by Crippen LogP contribution is 2.26. The van der Waals surface area contributed by atoms with Crippen LogP contribution in [-0.2, 0) is 4.79 Å². The van der Waals surface area contributed by atoms with Crippen molar-refractivity contribution in [3.05, 3.63) is 54.1 Å². The third-order valence-corrected chi connectivity index (χ3v) is 8.08. The van der Waals surface area contributed by atoms with Gasteiger partial charge < -0.3 is 19.9 Å². The molecule has 2 aliphatic rings. The van der Waals surface area contributed by atoms with Gasteiger partial charge in [0.15, 0.2) is 0 Å². The van der Waals surface area contributed by atoms with Crippen molar-refractivity contribution in [2.75, 3.05) is 50.5 Å². The fraction of sp³-hybridized carbons (Fsp3) is 0.500. The fourth-order valence-electron chi connectivity index (χ4n) is 4.96. The average molecular weight is 496 g/mol. The van der Waals surface area contributed by atoms with Crippen molar-refractivity contribution < 1.29 is 14.3 Å². The monoisotopic (exact) mass is 495 g/mol. The summed E-state index contributed by atoms with van der Waals surface area (Å²) in [6.07, 6.45) is 7.23. The average Bonchev–Trinajstić information content (AvgIpc) is 3.17. The van der Waals surface area contributed by atoms with Gasteiger partial charge in [0, 0.05) is 43.3 Å². The Bertz CT molecular complexity index is 976. The maximum atomic E-state index is 13.5. The van der Waals surface area contributed by atoms with Crippen molar-refractivity contribution in [2.24, 2.45) is 5.92 Å². The van der Waals surface area contributed by atoms with Crippen molar-refractivity contribution >= 4 is 29.3 Å². The molecule has 0 unspecified atom stereocenters. The van der Waals surface area contributed by atoms with Crippen LogP contribution >= 0.6 is 11.8 Å². The molecule has 0 radical (unpaired) electrons. The molecule has 1 N–H and O–H groups in total. The summed E-state index contributed by atoms with van der Waals surface area (Å²) in [5.41, 5.74) is 1.84. The Morgan fingerprint density at radius 1 is 0.943 bits per heavy atom. The fourth-order valence-corrected chi connectivity index (χ4v) is 5.83. The molecule has 0 bridgehead atoms. The molecule has 35 heavy (non-hydrogen) atoms. The van der Waals surface area contributed by atoms with Gasteiger partial charge in [0.2, 0.25) is 5.91 Å². The highest BCUT2D eigenvalue weighted by molar-refractivity contribution is 8.00. The van der Waals surface area contributed by atoms with E-state index in [4.69, 9.17) is 4.74 Å². The van der Waals surface area contributed by atoms with E-state index in [2.05, 4.69) is 22.3 Å². The van der Waals surface area contributed by atoms with Crippen LogP contribution in [0.5, 0.6) is 5.75 Å². The topological polar surface area (TPSA) is 61.9 Å². The first-order chi connectivity index (χ1) is 17.1. The number of benzene rings is 2. The zero-order chi connectivity index (χ0) is 24.5. The van der Waals surface area contributed by atoms with Gasteiger partial charge in [-0.05, 0) is 61.6 Å². The Morgan fingerprint density at radius 3 is 2.49 bits per heavy atom. The first-order valence-electron chi connectivity index (χ1n) is 12.8. The van der Waals surface area contributed by atoms with Gasteiger partial charge in [-0.3, -0.25) is 9.59 Å². The summed E-state index contributed by atoms with van der Waals surface area (Å²) in [7, 11) is 1.67. The summed E-state index contributed by atoms with van der Waals surface area (Å²) in [5, 5.41) is 3.10. The van der Waals surface area contributed by atoms with Crippen LogP contribution in [0.4, 0.5) is 5.69 Å². The highest BCUT2D eigenvalue weighted by atomic mass is 32.2. The Hall–Kier alpha value is -2.67. The molecule has 4 rings (SSSR count). The Kier molecular flexibility index (Phi) is 9.35. The number of methoxy groups -OCH3 is 1. The van der Waals surface area contributed by atoms with Gasteiger partial charge in [0.1, 0.15) is 5.75 Å². The van der Waals surface area contributed by atoms with E-state index in [1.165, 1.54) is 43.9 Å². The lowest BCUT2D eigenvalue weighted by molar-refractivity contribution is -0.118. The van der Waals surface area contributed by atoms with Gasteiger partial charge in [-0.1, -0.05) is 31.4 Å². The van der Waals surface area contributed by atoms with Crippen LogP contribution in [0.3, 0.4) is 0 Å². The van der Waals surface area contributed by atoms with Crippen LogP contribution in [0.15, 0.2) is 53.4 Å². The number of rotatable bonds is 8. The number of amides is 2. The molecule has 1 aliphatic carbocycles. The third-order valence-electron chi connectivity index (χ3n) is 7.01. The smallest absolute Gasteiger partial charge is 0.255 e. The minimum atomic E-state index is 0.0484. The number of hydrogen-bond acceptors (Lipinski definition) is 5. The van der Waals surface area contributed by atoms with E-state index >= 15 is 0 Å². The summed E-state index contributed by atoms with van der Waals surface area (Å²) >= 11 is 1.46. The number of carbonyl (C=O) groups is 2. The summed E-state index contributed by atoms with van der Waals surface area (Å²) in [5.74, 6) is 1.90. The van der Waals surface area contributed by atoms with Gasteiger partial charge in [-0.2, -0.15) is 0 Å². The van der Waals surface area contributed by atoms with Gasteiger partial charge in [0.05, 0.1) is 18.4 Å². The number of hydrogen-bond donors (Lipinski definition) is 1. The molecule has 0 aromatic heterocycles. The van der Waals surface area contributed by atoms with E-state index in [-0.39, 0.29) is 11.8 Å². The van der Waals surface area contributed by atoms with Crippen molar-refractivity contribution in [2.45, 2.75) is 43.4 Å². The SMILES string of the molecule is COc1ccc(N2CCCN(C(=O)c3ccccc3SCC(=O)NCC3CCCCC3)CC2)cc1. The van der Waals surface area contributed by atoms with Crippen molar-refractivity contribution in [1.82, 2.24) is 10.2 Å². The van der Waals surface area contributed by atoms with E-state index in [9.17, 15) is 9.59 Å². The molecule has 0 atom stereocenters. The summed E-state index contributed by atoms with van der Waals surface area (Å²) < 4.78 is 5.27. The second-order valence-corrected chi connectivity index (χ2v) is 10.4. The maximum absolute atomic E-state index is 13.5. The van der Waals surface area contributed by atoms with Gasteiger partial charge in [0.25, 0.3) is 5.91 Å². The lowest BCUT2D eigenvalue weighted by Gasteiger charge is -2.24. The molecule has 2 fully saturated rings. The van der Waals surface area contributed by atoms with E-state index in [0.29, 0.717) is 23.8 Å². The van der Waals surface area contributed by atoms with Gasteiger partial charge in [-0.25, -0.2) is 0 Å². The van der Waals surface area contributed by atoms with Crippen molar-refractivity contribution in [3.8, 4) is 5.75 Å². The second-order valence-electron chi connectivity index (χ2n) is 9.42. The van der Waals surface area contributed by atoms with Gasteiger partial charge >= 0.3 is 0 Å². The molecule has 6 nitrogen and oxygen atoms in total. The molecule has 1 saturated carbocycles. The van der Waals surface area contributed by atoms with Crippen LogP contribution in [0.2, 0.25) is 0 Å². The minimum Gasteiger partial charge on any atom is -0.497 e. The molecule has 1 aliphatic heterocycles. The molecule has 7 heteroatoms. The van der Waals surface area contributed by atoms with Crippen LogP contribution in [0.1, 0.15) is 48.9 Å². The normalized spacial score (nSPS) is 17.1. The number of thioether (sulfide) groups is 1. The van der Waals surface area contributed by atoms with E-state index in [1.54, 1.807) is 7.11 Å². The number of anilines is 1. The van der Waals surface area contributed by atoms with Crippen LogP contribution in [0.25, 0.3) is 0 Å². The highest BCUT2D eigenvalue weighted by Gasteiger charge is 2.23. The Morgan fingerprint density at radius 2 is 1.71 bits per heavy atom. The zero-order valence-corrected chi connectivity index (χ0v) is 21.5. The van der Waals surface area contributed by atoms with Crippen LogP contribution in [0, 0.1) is 5.92 Å². The number of ether oxygens (including phenoxy) is 1. The second kappa shape index (κ2) is 12.9. The summed E-state index contributed by atoms with van der Waals surface area (Å²) in [4.78, 5) is 31.1. The Balaban J connectivity index is 1.31. The summed E-state index contributed by atoms with van der Waals surface area (Å²) in [6, 6.07) is 15.8. The predicted molar refractivity (Wildman–Crippen MR) is 142 cm³/mol. The maximum Gasteiger partial charge on any atom is 0.255 e. The number of nitrogens with zero attached hydrogens (tertiary/aromatic N) is 2. The lowest BCUT2D eigenvalue weighted by atomic mass is 9.89. The zero-order valence-electron chi connectivity index (χ0n) is 20.7. The molecule has 1 heterocycles. The third kappa shape index (κ3) is 7.17. The lowest BCUT2D eigenvalue weighted by Crippen LogP contribution is -2.35. The first-order valence-corrected chi connectivity index (χ1v) is 13.8. The van der Waals surface area contributed by atoms with Gasteiger partial charge in [-0.15, -0.1) is 11.8 Å². The van der Waals surface area contributed by atoms with E-state index in [1.807, 2.05) is 41.3 Å². The molecular weight excluding hydrogens is 458 g/mol. The first kappa shape index (κ1) is 25.4. The molecule has 2 amide bonds. The van der Waals surface area contributed by atoms with Crippen molar-refractivity contribution in [3.63, 3.8) is 0 Å². The molecule has 2 aromatic rings. The largest absolute Gasteiger partial charge is 0.497 e. The molecule has 1 saturated heterocycles. The molecule has 0 spiro atoms. The summed E-state index contributed by atoms with van der Waals surface area (Å²) in [6.45, 7) is 3.88. The standard InChI is InChI=1S/C28H37N3O3S/c1-34-24-14-12-23(13-15-24)30-16-7-17-31(19-18-30)28(33)25-10-5-6-11-26(25)35-21-27(32)29-20-22-8-3-2-4-9-22/h5-6,10-15,22H,2-4,7-9,16-21H2,1H3,(H,29,32). The Labute approximate surface area is 213 Å². The molecule has 2 aromatic carbocycles.